The van der Waals surface area contributed by atoms with Gasteiger partial charge in [0, 0.05) is 10.8 Å². The van der Waals surface area contributed by atoms with Crippen LogP contribution in [0.4, 0.5) is 0 Å². The molecule has 0 aliphatic carbocycles. The third kappa shape index (κ3) is 3.72. The molecule has 0 radical (unpaired) electrons. The Labute approximate surface area is 285 Å². The molecule has 0 atom stereocenters. The van der Waals surface area contributed by atoms with E-state index in [4.69, 9.17) is 26.3 Å². The van der Waals surface area contributed by atoms with Gasteiger partial charge in [0.25, 0.3) is 0 Å². The SMILES string of the molecule is [2H]c1c([2H])c([2H])c(-c2c3c([2H])c([2H])c([2H])c([2H])c3c(-c3c([2H])c([2H])c4c([2H])c(-c5c([2H])c([2H])c([2H])c6oc7c([2H])c([2H])c([2H])c([2H])c7c56)c([2H])c([2H])c4c3[2H])c3c([2H])c([2H])c([2H])c([2H])c23)c([2H])c1[2H]. The van der Waals surface area contributed by atoms with E-state index in [1.165, 1.54) is 0 Å². The Balaban J connectivity index is 1.54. The summed E-state index contributed by atoms with van der Waals surface area (Å²) in [6.45, 7) is 0. The molecule has 9 rings (SSSR count). The second kappa shape index (κ2) is 9.44. The van der Waals surface area contributed by atoms with Crippen LogP contribution in [-0.4, -0.2) is 0 Å². The third-order valence-electron chi connectivity index (χ3n) is 6.95. The lowest BCUT2D eigenvalue weighted by Crippen LogP contribution is -1.90. The molecule has 0 fully saturated rings. The van der Waals surface area contributed by atoms with E-state index in [2.05, 4.69) is 0 Å². The first-order valence-electron chi connectivity index (χ1n) is 25.7. The van der Waals surface area contributed by atoms with Gasteiger partial charge in [0.1, 0.15) is 11.2 Å². The zero-order valence-corrected chi connectivity index (χ0v) is 21.4. The van der Waals surface area contributed by atoms with Crippen molar-refractivity contribution < 1.29 is 40.1 Å². The monoisotopic (exact) mass is 572 g/mol. The quantitative estimate of drug-likeness (QED) is 0.192. The summed E-state index contributed by atoms with van der Waals surface area (Å²) in [5.41, 5.74) is -5.23. The second-order valence-electron chi connectivity index (χ2n) is 9.26. The van der Waals surface area contributed by atoms with Crippen molar-refractivity contribution in [1.82, 2.24) is 0 Å². The molecule has 200 valence electrons. The van der Waals surface area contributed by atoms with Gasteiger partial charge in [0.15, 0.2) is 0 Å². The number of para-hydroxylation sites is 1. The standard InChI is InChI=1S/C42H26O/c1-2-11-27(12-3-1)40-33-13-4-6-15-35(33)41(36-16-7-5-14-34(36)40)31-24-22-28-25-30(23-21-29(28)26-31)32-18-10-20-39-42(32)37-17-8-9-19-38(37)43-39/h1-26H/i1D,2D,3D,4D,5D,6D,7D,8D,9D,10D,11D,12D,13D,14D,15D,16D,17D,18D,19D,20D,21D,22D,23D,24D,25D,26D. The Morgan fingerprint density at radius 2 is 0.884 bits per heavy atom. The van der Waals surface area contributed by atoms with Crippen LogP contribution in [0.25, 0.3) is 87.6 Å². The maximum atomic E-state index is 9.70. The minimum absolute atomic E-state index is 0.401. The number of hydrogen-bond acceptors (Lipinski definition) is 1. The van der Waals surface area contributed by atoms with Gasteiger partial charge in [-0.2, -0.15) is 0 Å². The number of hydrogen-bond donors (Lipinski definition) is 0. The van der Waals surface area contributed by atoms with Gasteiger partial charge >= 0.3 is 0 Å². The molecule has 8 aromatic carbocycles. The molecule has 0 saturated carbocycles. The summed E-state index contributed by atoms with van der Waals surface area (Å²) in [6.07, 6.45) is 0. The molecule has 0 spiro atoms. The molecule has 43 heavy (non-hydrogen) atoms. The van der Waals surface area contributed by atoms with Crippen molar-refractivity contribution in [3.05, 3.63) is 157 Å². The summed E-state index contributed by atoms with van der Waals surface area (Å²) in [7, 11) is 0. The third-order valence-corrected chi connectivity index (χ3v) is 6.95. The van der Waals surface area contributed by atoms with Crippen LogP contribution in [0.2, 0.25) is 0 Å². The molecule has 0 N–H and O–H groups in total. The topological polar surface area (TPSA) is 13.1 Å². The van der Waals surface area contributed by atoms with Crippen LogP contribution in [0.1, 0.15) is 35.6 Å². The lowest BCUT2D eigenvalue weighted by atomic mass is 9.85. The smallest absolute Gasteiger partial charge is 0.136 e. The van der Waals surface area contributed by atoms with Crippen molar-refractivity contribution >= 4 is 54.3 Å². The fourth-order valence-corrected chi connectivity index (χ4v) is 5.17. The Kier molecular flexibility index (Phi) is 2.13. The van der Waals surface area contributed by atoms with Crippen LogP contribution in [0.15, 0.2) is 162 Å². The van der Waals surface area contributed by atoms with Crippen molar-refractivity contribution in [1.29, 1.82) is 0 Å². The molecule has 9 aromatic rings. The van der Waals surface area contributed by atoms with Crippen LogP contribution in [0.3, 0.4) is 0 Å². The molecule has 0 aliphatic rings. The van der Waals surface area contributed by atoms with E-state index >= 15 is 0 Å². The first-order valence-corrected chi connectivity index (χ1v) is 12.7. The fraction of sp³-hybridized carbons (Fsp3) is 0. The van der Waals surface area contributed by atoms with E-state index in [1.54, 1.807) is 0 Å². The molecule has 1 aromatic heterocycles. The van der Waals surface area contributed by atoms with Gasteiger partial charge in [0.2, 0.25) is 0 Å². The van der Waals surface area contributed by atoms with E-state index in [0.717, 1.165) is 0 Å². The lowest BCUT2D eigenvalue weighted by molar-refractivity contribution is 0.669. The van der Waals surface area contributed by atoms with Crippen LogP contribution < -0.4 is 0 Å². The van der Waals surface area contributed by atoms with Crippen LogP contribution >= 0.6 is 0 Å². The Morgan fingerprint density at radius 1 is 0.372 bits per heavy atom. The first kappa shape index (κ1) is 9.69. The maximum Gasteiger partial charge on any atom is 0.136 e. The molecule has 0 saturated heterocycles. The molecule has 1 heterocycles. The van der Waals surface area contributed by atoms with Crippen LogP contribution in [0.5, 0.6) is 0 Å². The molecule has 0 amide bonds. The van der Waals surface area contributed by atoms with E-state index in [1.807, 2.05) is 0 Å². The Bertz CT molecular complexity index is 3860. The minimum Gasteiger partial charge on any atom is -0.456 e. The lowest BCUT2D eigenvalue weighted by Gasteiger charge is -2.18. The summed E-state index contributed by atoms with van der Waals surface area (Å²) in [6, 6.07) is -23.4. The Hall–Kier alpha value is -5.66. The van der Waals surface area contributed by atoms with Gasteiger partial charge in [-0.05, 0) is 89.9 Å². The predicted molar refractivity (Wildman–Crippen MR) is 183 cm³/mol. The molecule has 1 heteroatoms. The summed E-state index contributed by atoms with van der Waals surface area (Å²) in [4.78, 5) is 0. The van der Waals surface area contributed by atoms with E-state index < -0.39 is 245 Å². The van der Waals surface area contributed by atoms with E-state index in [9.17, 15) is 13.7 Å². The number of fused-ring (bicyclic) bond motifs is 6. The largest absolute Gasteiger partial charge is 0.456 e. The van der Waals surface area contributed by atoms with E-state index in [-0.39, 0.29) is 0 Å². The van der Waals surface area contributed by atoms with Gasteiger partial charge in [-0.15, -0.1) is 0 Å². The first-order chi connectivity index (χ1) is 32.2. The predicted octanol–water partition coefficient (Wildman–Crippen LogP) is 12.0. The average molecular weight is 573 g/mol. The average Bonchev–Trinajstić information content (AvgIpc) is 3.72. The van der Waals surface area contributed by atoms with E-state index in [0.29, 0.717) is 0 Å². The van der Waals surface area contributed by atoms with Gasteiger partial charge in [-0.25, -0.2) is 0 Å². The van der Waals surface area contributed by atoms with Crippen molar-refractivity contribution in [3.8, 4) is 33.4 Å². The molecular weight excluding hydrogens is 520 g/mol. The molecule has 0 unspecified atom stereocenters. The summed E-state index contributed by atoms with van der Waals surface area (Å²) >= 11 is 0. The van der Waals surface area contributed by atoms with Crippen molar-refractivity contribution in [2.75, 3.05) is 0 Å². The highest BCUT2D eigenvalue weighted by Gasteiger charge is 2.17. The molecule has 0 bridgehead atoms. The highest BCUT2D eigenvalue weighted by atomic mass is 16.3. The minimum atomic E-state index is -1.04. The van der Waals surface area contributed by atoms with Gasteiger partial charge < -0.3 is 4.42 Å². The second-order valence-corrected chi connectivity index (χ2v) is 9.26. The zero-order chi connectivity index (χ0) is 51.0. The number of benzene rings is 8. The summed E-state index contributed by atoms with van der Waals surface area (Å²) < 4.78 is 237. The van der Waals surface area contributed by atoms with Gasteiger partial charge in [-0.1, -0.05) is 133 Å². The number of furan rings is 1. The molecular formula is C42H26O. The highest BCUT2D eigenvalue weighted by molar-refractivity contribution is 6.22. The number of rotatable bonds is 3. The molecule has 0 aliphatic heterocycles. The van der Waals surface area contributed by atoms with Crippen molar-refractivity contribution in [3.63, 3.8) is 0 Å². The molecule has 1 nitrogen and oxygen atoms in total. The maximum absolute atomic E-state index is 9.70. The van der Waals surface area contributed by atoms with Crippen LogP contribution in [-0.2, 0) is 0 Å². The normalized spacial score (nSPS) is 20.2. The highest BCUT2D eigenvalue weighted by Crippen LogP contribution is 2.44. The fourth-order valence-electron chi connectivity index (χ4n) is 5.17. The summed E-state index contributed by atoms with van der Waals surface area (Å²) in [5, 5.41) is -5.00. The van der Waals surface area contributed by atoms with Crippen molar-refractivity contribution in [2.24, 2.45) is 0 Å². The van der Waals surface area contributed by atoms with Crippen molar-refractivity contribution in [2.45, 2.75) is 0 Å². The van der Waals surface area contributed by atoms with Gasteiger partial charge in [-0.3, -0.25) is 0 Å². The van der Waals surface area contributed by atoms with Crippen LogP contribution in [0, 0.1) is 0 Å². The zero-order valence-electron chi connectivity index (χ0n) is 47.4. The Morgan fingerprint density at radius 3 is 1.56 bits per heavy atom. The summed E-state index contributed by atoms with van der Waals surface area (Å²) in [5.74, 6) is 0. The van der Waals surface area contributed by atoms with Gasteiger partial charge in [0.05, 0.1) is 35.6 Å².